The second-order valence-electron chi connectivity index (χ2n) is 8.24. The largest absolute Gasteiger partial charge is 0.302 e. The van der Waals surface area contributed by atoms with Crippen molar-refractivity contribution < 1.29 is 16.8 Å². The van der Waals surface area contributed by atoms with Gasteiger partial charge in [0.15, 0.2) is 0 Å². The van der Waals surface area contributed by atoms with Crippen molar-refractivity contribution in [2.45, 2.75) is 42.5 Å². The Balaban J connectivity index is 1.47. The minimum atomic E-state index is -3.75. The molecular weight excluding hydrogens is 422 g/mol. The van der Waals surface area contributed by atoms with Gasteiger partial charge in [-0.05, 0) is 93.2 Å². The Morgan fingerprint density at radius 2 is 1.47 bits per heavy atom. The second kappa shape index (κ2) is 7.96. The van der Waals surface area contributed by atoms with E-state index >= 15 is 0 Å². The van der Waals surface area contributed by atoms with Crippen LogP contribution >= 0.6 is 0 Å². The Morgan fingerprint density at radius 1 is 0.833 bits per heavy atom. The normalized spacial score (nSPS) is 24.0. The number of rotatable bonds is 6. The van der Waals surface area contributed by atoms with Crippen LogP contribution < -0.4 is 9.44 Å². The van der Waals surface area contributed by atoms with Crippen LogP contribution in [0.25, 0.3) is 0 Å². The Labute approximate surface area is 178 Å². The lowest BCUT2D eigenvalue weighted by Crippen LogP contribution is -2.57. The highest BCUT2D eigenvalue weighted by Gasteiger charge is 2.36. The third-order valence-corrected chi connectivity index (χ3v) is 9.05. The topological polar surface area (TPSA) is 95.6 Å². The molecule has 162 valence electrons. The molecule has 3 saturated heterocycles. The molecule has 0 aromatic heterocycles. The average Bonchev–Trinajstić information content (AvgIpc) is 2.70. The van der Waals surface area contributed by atoms with Crippen LogP contribution in [0.1, 0.15) is 24.0 Å². The highest BCUT2D eigenvalue weighted by Crippen LogP contribution is 2.29. The molecule has 2 bridgehead atoms. The number of piperidine rings is 3. The highest BCUT2D eigenvalue weighted by atomic mass is 32.2. The van der Waals surface area contributed by atoms with Gasteiger partial charge in [0.1, 0.15) is 0 Å². The van der Waals surface area contributed by atoms with Gasteiger partial charge in [-0.3, -0.25) is 4.72 Å². The standard InChI is InChI=1S/C21H27N3O4S2/c1-15-3-6-20(13-16(15)2)30(27,28)22-18-4-7-19(8-5-18)29(25,26)23-21-14-24-11-9-17(21)10-12-24/h3-8,13,17,21-23H,9-12,14H2,1-2H3/t21-/m1/s1. The van der Waals surface area contributed by atoms with E-state index in [0.29, 0.717) is 11.6 Å². The van der Waals surface area contributed by atoms with E-state index in [2.05, 4.69) is 14.3 Å². The molecule has 0 saturated carbocycles. The molecule has 2 N–H and O–H groups in total. The van der Waals surface area contributed by atoms with E-state index in [1.807, 2.05) is 13.8 Å². The molecule has 2 aromatic carbocycles. The van der Waals surface area contributed by atoms with Crippen molar-refractivity contribution >= 4 is 25.7 Å². The van der Waals surface area contributed by atoms with Gasteiger partial charge in [0, 0.05) is 18.3 Å². The first-order chi connectivity index (χ1) is 14.1. The number of benzene rings is 2. The zero-order chi connectivity index (χ0) is 21.5. The van der Waals surface area contributed by atoms with E-state index in [4.69, 9.17) is 0 Å². The van der Waals surface area contributed by atoms with Crippen molar-refractivity contribution in [2.24, 2.45) is 5.92 Å². The molecule has 5 rings (SSSR count). The summed E-state index contributed by atoms with van der Waals surface area (Å²) in [7, 11) is -7.41. The predicted molar refractivity (Wildman–Crippen MR) is 116 cm³/mol. The number of fused-ring (bicyclic) bond motifs is 3. The molecule has 1 atom stereocenters. The number of anilines is 1. The van der Waals surface area contributed by atoms with E-state index in [1.54, 1.807) is 18.2 Å². The fourth-order valence-corrected chi connectivity index (χ4v) is 6.60. The Bertz CT molecular complexity index is 1140. The lowest BCUT2D eigenvalue weighted by Gasteiger charge is -2.44. The molecule has 0 unspecified atom stereocenters. The second-order valence-corrected chi connectivity index (χ2v) is 11.6. The fraction of sp³-hybridized carbons (Fsp3) is 0.429. The summed E-state index contributed by atoms with van der Waals surface area (Å²) in [5.41, 5.74) is 2.21. The molecule has 30 heavy (non-hydrogen) atoms. The van der Waals surface area contributed by atoms with Crippen LogP contribution in [0.2, 0.25) is 0 Å². The zero-order valence-electron chi connectivity index (χ0n) is 17.1. The van der Waals surface area contributed by atoms with Crippen molar-refractivity contribution in [2.75, 3.05) is 24.4 Å². The molecule has 0 radical (unpaired) electrons. The molecule has 0 spiro atoms. The number of sulfonamides is 2. The van der Waals surface area contributed by atoms with E-state index < -0.39 is 20.0 Å². The first-order valence-corrected chi connectivity index (χ1v) is 13.1. The fourth-order valence-electron chi connectivity index (χ4n) is 4.16. The third kappa shape index (κ3) is 4.39. The average molecular weight is 450 g/mol. The monoisotopic (exact) mass is 449 g/mol. The minimum Gasteiger partial charge on any atom is -0.302 e. The maximum absolute atomic E-state index is 12.8. The first-order valence-electron chi connectivity index (χ1n) is 10.1. The molecule has 3 fully saturated rings. The Kier molecular flexibility index (Phi) is 5.65. The number of hydrogen-bond donors (Lipinski definition) is 2. The summed E-state index contributed by atoms with van der Waals surface area (Å²) in [6.07, 6.45) is 2.04. The summed E-state index contributed by atoms with van der Waals surface area (Å²) < 4.78 is 56.2. The minimum absolute atomic E-state index is 0.0690. The van der Waals surface area contributed by atoms with Gasteiger partial charge >= 0.3 is 0 Å². The number of aryl methyl sites for hydroxylation is 2. The van der Waals surface area contributed by atoms with Crippen LogP contribution in [0, 0.1) is 19.8 Å². The maximum Gasteiger partial charge on any atom is 0.261 e. The zero-order valence-corrected chi connectivity index (χ0v) is 18.8. The van der Waals surface area contributed by atoms with Crippen LogP contribution in [-0.2, 0) is 20.0 Å². The van der Waals surface area contributed by atoms with Crippen LogP contribution in [0.4, 0.5) is 5.69 Å². The van der Waals surface area contributed by atoms with Crippen LogP contribution in [0.5, 0.6) is 0 Å². The van der Waals surface area contributed by atoms with Gasteiger partial charge < -0.3 is 4.90 Å². The summed E-state index contributed by atoms with van der Waals surface area (Å²) in [5.74, 6) is 0.383. The van der Waals surface area contributed by atoms with Gasteiger partial charge in [-0.15, -0.1) is 0 Å². The summed E-state index contributed by atoms with van der Waals surface area (Å²) in [4.78, 5) is 2.59. The Morgan fingerprint density at radius 3 is 2.03 bits per heavy atom. The van der Waals surface area contributed by atoms with Crippen molar-refractivity contribution in [1.29, 1.82) is 0 Å². The summed E-state index contributed by atoms with van der Waals surface area (Å²) in [5, 5.41) is 0. The molecule has 3 heterocycles. The number of hydrogen-bond acceptors (Lipinski definition) is 5. The quantitative estimate of drug-likeness (QED) is 0.706. The van der Waals surface area contributed by atoms with Gasteiger partial charge in [0.05, 0.1) is 9.79 Å². The molecule has 0 aliphatic carbocycles. The van der Waals surface area contributed by atoms with Crippen molar-refractivity contribution in [1.82, 2.24) is 9.62 Å². The van der Waals surface area contributed by atoms with Crippen LogP contribution in [0.15, 0.2) is 52.3 Å². The van der Waals surface area contributed by atoms with Gasteiger partial charge in [-0.2, -0.15) is 0 Å². The number of nitrogens with zero attached hydrogens (tertiary/aromatic N) is 1. The SMILES string of the molecule is Cc1ccc(S(=O)(=O)Nc2ccc(S(=O)(=O)N[C@@H]3CN4CCC3CC4)cc2)cc1C. The Hall–Kier alpha value is -1.94. The molecule has 9 heteroatoms. The van der Waals surface area contributed by atoms with Crippen LogP contribution in [-0.4, -0.2) is 47.4 Å². The van der Waals surface area contributed by atoms with Gasteiger partial charge in [0.2, 0.25) is 10.0 Å². The molecule has 0 amide bonds. The van der Waals surface area contributed by atoms with Crippen LogP contribution in [0.3, 0.4) is 0 Å². The lowest BCUT2D eigenvalue weighted by atomic mass is 9.85. The molecule has 2 aromatic rings. The summed E-state index contributed by atoms with van der Waals surface area (Å²) >= 11 is 0. The first kappa shape index (κ1) is 21.3. The smallest absolute Gasteiger partial charge is 0.261 e. The highest BCUT2D eigenvalue weighted by molar-refractivity contribution is 7.92. The molecule has 7 nitrogen and oxygen atoms in total. The third-order valence-electron chi connectivity index (χ3n) is 6.17. The maximum atomic E-state index is 12.8. The molecule has 3 aliphatic heterocycles. The van der Waals surface area contributed by atoms with Gasteiger partial charge in [0.25, 0.3) is 10.0 Å². The van der Waals surface area contributed by atoms with E-state index in [-0.39, 0.29) is 15.8 Å². The summed E-state index contributed by atoms with van der Waals surface area (Å²) in [6, 6.07) is 10.7. The van der Waals surface area contributed by atoms with Gasteiger partial charge in [-0.1, -0.05) is 6.07 Å². The van der Waals surface area contributed by atoms with Crippen molar-refractivity contribution in [3.63, 3.8) is 0 Å². The van der Waals surface area contributed by atoms with Gasteiger partial charge in [-0.25, -0.2) is 21.6 Å². The van der Waals surface area contributed by atoms with Crippen molar-refractivity contribution in [3.05, 3.63) is 53.6 Å². The van der Waals surface area contributed by atoms with E-state index in [9.17, 15) is 16.8 Å². The van der Waals surface area contributed by atoms with E-state index in [1.165, 1.54) is 24.3 Å². The lowest BCUT2D eigenvalue weighted by molar-refractivity contribution is 0.0827. The predicted octanol–water partition coefficient (Wildman–Crippen LogP) is 2.48. The van der Waals surface area contributed by atoms with E-state index in [0.717, 1.165) is 43.6 Å². The summed E-state index contributed by atoms with van der Waals surface area (Å²) in [6.45, 7) is 6.60. The number of nitrogens with one attached hydrogen (secondary N) is 2. The van der Waals surface area contributed by atoms with Crippen molar-refractivity contribution in [3.8, 4) is 0 Å². The molecular formula is C21H27N3O4S2. The molecule has 3 aliphatic rings.